The zero-order chi connectivity index (χ0) is 21.3. The predicted molar refractivity (Wildman–Crippen MR) is 115 cm³/mol. The summed E-state index contributed by atoms with van der Waals surface area (Å²) in [6.45, 7) is 6.05. The molecule has 0 radical (unpaired) electrons. The van der Waals surface area contributed by atoms with Crippen molar-refractivity contribution < 1.29 is 14.3 Å². The Morgan fingerprint density at radius 1 is 1.33 bits per heavy atom. The van der Waals surface area contributed by atoms with Crippen LogP contribution in [0.1, 0.15) is 35.6 Å². The highest BCUT2D eigenvalue weighted by Crippen LogP contribution is 2.22. The first kappa shape index (κ1) is 20.6. The Labute approximate surface area is 176 Å². The molecule has 0 spiro atoms. The minimum Gasteiger partial charge on any atom is -0.460 e. The number of para-hydroxylation sites is 1. The number of aliphatic hydroxyl groups is 1. The predicted octanol–water partition coefficient (Wildman–Crippen LogP) is 2.47. The Balaban J connectivity index is 1.33. The van der Waals surface area contributed by atoms with Gasteiger partial charge in [-0.1, -0.05) is 18.2 Å². The van der Waals surface area contributed by atoms with E-state index in [0.717, 1.165) is 40.2 Å². The van der Waals surface area contributed by atoms with Crippen molar-refractivity contribution in [3.63, 3.8) is 0 Å². The minimum absolute atomic E-state index is 0.0349. The number of nitrogens with zero attached hydrogens (tertiary/aromatic N) is 3. The number of hydrogen-bond acceptors (Lipinski definition) is 5. The van der Waals surface area contributed by atoms with Crippen molar-refractivity contribution in [1.29, 1.82) is 0 Å². The standard InChI is InChI=1S/C23H30N4O3/c1-15-19(16(2)26(3)25-15)8-9-23(29)24-20-14-27(11-10-21(20)28)13-18-12-17-6-4-5-7-22(17)30-18/h4-7,12,20-21,28H,8-11,13-14H2,1-3H3,(H,24,29)/t20-,21+/m1/s1. The van der Waals surface area contributed by atoms with Crippen LogP contribution in [0.2, 0.25) is 0 Å². The number of piperidine rings is 1. The molecule has 1 aliphatic rings. The third kappa shape index (κ3) is 4.42. The normalized spacial score (nSPS) is 20.0. The minimum atomic E-state index is -0.525. The molecule has 7 heteroatoms. The van der Waals surface area contributed by atoms with E-state index >= 15 is 0 Å². The molecule has 0 unspecified atom stereocenters. The number of likely N-dealkylation sites (tertiary alicyclic amines) is 1. The van der Waals surface area contributed by atoms with Gasteiger partial charge in [0.15, 0.2) is 0 Å². The number of nitrogens with one attached hydrogen (secondary N) is 1. The average Bonchev–Trinajstić information content (AvgIpc) is 3.22. The van der Waals surface area contributed by atoms with E-state index in [9.17, 15) is 9.90 Å². The molecule has 7 nitrogen and oxygen atoms in total. The van der Waals surface area contributed by atoms with Crippen molar-refractivity contribution >= 4 is 16.9 Å². The first-order chi connectivity index (χ1) is 14.4. The van der Waals surface area contributed by atoms with E-state index in [0.29, 0.717) is 32.4 Å². The maximum absolute atomic E-state index is 12.6. The van der Waals surface area contributed by atoms with Gasteiger partial charge in [-0.2, -0.15) is 5.10 Å². The number of benzene rings is 1. The molecule has 2 N–H and O–H groups in total. The lowest BCUT2D eigenvalue weighted by Gasteiger charge is -2.36. The van der Waals surface area contributed by atoms with E-state index in [1.165, 1.54) is 0 Å². The van der Waals surface area contributed by atoms with Gasteiger partial charge in [-0.25, -0.2) is 0 Å². The molecule has 3 aromatic rings. The van der Waals surface area contributed by atoms with Crippen molar-refractivity contribution in [2.75, 3.05) is 13.1 Å². The Hall–Kier alpha value is -2.64. The second kappa shape index (κ2) is 8.62. The van der Waals surface area contributed by atoms with Gasteiger partial charge >= 0.3 is 0 Å². The third-order valence-electron chi connectivity index (χ3n) is 6.12. The average molecular weight is 411 g/mol. The molecule has 2 aromatic heterocycles. The summed E-state index contributed by atoms with van der Waals surface area (Å²) in [6.07, 6.45) is 1.15. The zero-order valence-corrected chi connectivity index (χ0v) is 17.9. The van der Waals surface area contributed by atoms with Crippen LogP contribution in [0.15, 0.2) is 34.7 Å². The van der Waals surface area contributed by atoms with Crippen LogP contribution in [0, 0.1) is 13.8 Å². The van der Waals surface area contributed by atoms with Crippen LogP contribution in [-0.4, -0.2) is 50.9 Å². The number of aryl methyl sites for hydroxylation is 2. The fraction of sp³-hybridized carbons (Fsp3) is 0.478. The van der Waals surface area contributed by atoms with E-state index in [1.54, 1.807) is 0 Å². The second-order valence-electron chi connectivity index (χ2n) is 8.29. The summed E-state index contributed by atoms with van der Waals surface area (Å²) >= 11 is 0. The van der Waals surface area contributed by atoms with Gasteiger partial charge in [0.1, 0.15) is 11.3 Å². The van der Waals surface area contributed by atoms with Crippen LogP contribution >= 0.6 is 0 Å². The van der Waals surface area contributed by atoms with Crippen LogP contribution in [0.25, 0.3) is 11.0 Å². The van der Waals surface area contributed by atoms with Crippen molar-refractivity contribution in [3.05, 3.63) is 53.0 Å². The molecule has 1 saturated heterocycles. The molecule has 4 rings (SSSR count). The summed E-state index contributed by atoms with van der Waals surface area (Å²) in [7, 11) is 1.92. The lowest BCUT2D eigenvalue weighted by molar-refractivity contribution is -0.123. The molecular formula is C23H30N4O3. The van der Waals surface area contributed by atoms with E-state index in [1.807, 2.05) is 49.8 Å². The highest BCUT2D eigenvalue weighted by molar-refractivity contribution is 5.77. The number of amides is 1. The fourth-order valence-corrected chi connectivity index (χ4v) is 4.32. The highest BCUT2D eigenvalue weighted by Gasteiger charge is 2.29. The second-order valence-corrected chi connectivity index (χ2v) is 8.29. The molecule has 1 amide bonds. The summed E-state index contributed by atoms with van der Waals surface area (Å²) in [5.74, 6) is 0.868. The smallest absolute Gasteiger partial charge is 0.220 e. The maximum Gasteiger partial charge on any atom is 0.220 e. The summed E-state index contributed by atoms with van der Waals surface area (Å²) in [4.78, 5) is 14.8. The molecule has 0 aliphatic carbocycles. The van der Waals surface area contributed by atoms with Gasteiger partial charge in [0.25, 0.3) is 0 Å². The van der Waals surface area contributed by atoms with Crippen LogP contribution in [0.3, 0.4) is 0 Å². The number of carbonyl (C=O) groups is 1. The van der Waals surface area contributed by atoms with Crippen LogP contribution in [-0.2, 0) is 24.8 Å². The zero-order valence-electron chi connectivity index (χ0n) is 17.9. The molecule has 1 fully saturated rings. The molecule has 160 valence electrons. The van der Waals surface area contributed by atoms with E-state index in [4.69, 9.17) is 4.42 Å². The molecule has 1 aliphatic heterocycles. The number of furan rings is 1. The maximum atomic E-state index is 12.6. The lowest BCUT2D eigenvalue weighted by atomic mass is 10.0. The molecule has 0 saturated carbocycles. The van der Waals surface area contributed by atoms with E-state index in [-0.39, 0.29) is 11.9 Å². The first-order valence-corrected chi connectivity index (χ1v) is 10.6. The van der Waals surface area contributed by atoms with Crippen LogP contribution in [0.5, 0.6) is 0 Å². The molecule has 3 heterocycles. The summed E-state index contributed by atoms with van der Waals surface area (Å²) < 4.78 is 7.78. The van der Waals surface area contributed by atoms with Crippen molar-refractivity contribution in [2.24, 2.45) is 7.05 Å². The number of rotatable bonds is 6. The fourth-order valence-electron chi connectivity index (χ4n) is 4.32. The van der Waals surface area contributed by atoms with Gasteiger partial charge < -0.3 is 14.8 Å². The first-order valence-electron chi connectivity index (χ1n) is 10.6. The molecule has 0 bridgehead atoms. The van der Waals surface area contributed by atoms with Gasteiger partial charge in [-0.3, -0.25) is 14.4 Å². The molecular weight excluding hydrogens is 380 g/mol. The molecule has 30 heavy (non-hydrogen) atoms. The van der Waals surface area contributed by atoms with Gasteiger partial charge in [-0.05, 0) is 44.4 Å². The van der Waals surface area contributed by atoms with Gasteiger partial charge in [0.2, 0.25) is 5.91 Å². The number of carbonyl (C=O) groups excluding carboxylic acids is 1. The topological polar surface area (TPSA) is 83.5 Å². The number of aliphatic hydroxyl groups excluding tert-OH is 1. The highest BCUT2D eigenvalue weighted by atomic mass is 16.3. The lowest BCUT2D eigenvalue weighted by Crippen LogP contribution is -2.54. The van der Waals surface area contributed by atoms with Gasteiger partial charge in [0.05, 0.1) is 24.4 Å². The Kier molecular flexibility index (Phi) is 5.92. The van der Waals surface area contributed by atoms with E-state index < -0.39 is 6.10 Å². The van der Waals surface area contributed by atoms with Crippen molar-refractivity contribution in [1.82, 2.24) is 20.0 Å². The summed E-state index contributed by atoms with van der Waals surface area (Å²) in [6, 6.07) is 9.76. The Morgan fingerprint density at radius 2 is 2.13 bits per heavy atom. The quantitative estimate of drug-likeness (QED) is 0.652. The molecule has 2 atom stereocenters. The number of aromatic nitrogens is 2. The summed E-state index contributed by atoms with van der Waals surface area (Å²) in [5, 5.41) is 19.0. The van der Waals surface area contributed by atoms with Gasteiger partial charge in [0, 0.05) is 37.6 Å². The summed E-state index contributed by atoms with van der Waals surface area (Å²) in [5.41, 5.74) is 4.08. The van der Waals surface area contributed by atoms with Gasteiger partial charge in [-0.15, -0.1) is 0 Å². The van der Waals surface area contributed by atoms with E-state index in [2.05, 4.69) is 21.4 Å². The van der Waals surface area contributed by atoms with Crippen LogP contribution in [0.4, 0.5) is 0 Å². The molecule has 1 aromatic carbocycles. The van der Waals surface area contributed by atoms with Crippen molar-refractivity contribution in [3.8, 4) is 0 Å². The Bertz CT molecular complexity index is 1010. The Morgan fingerprint density at radius 3 is 2.87 bits per heavy atom. The SMILES string of the molecule is Cc1nn(C)c(C)c1CCC(=O)N[C@@H]1CN(Cc2cc3ccccc3o2)CC[C@@H]1O. The third-order valence-corrected chi connectivity index (χ3v) is 6.12. The number of fused-ring (bicyclic) bond motifs is 1. The monoisotopic (exact) mass is 410 g/mol. The largest absolute Gasteiger partial charge is 0.460 e. The van der Waals surface area contributed by atoms with Crippen LogP contribution < -0.4 is 5.32 Å². The number of hydrogen-bond donors (Lipinski definition) is 2. The van der Waals surface area contributed by atoms with Crippen molar-refractivity contribution in [2.45, 2.75) is 51.8 Å².